The number of unbranched alkanes of at least 4 members (excludes halogenated alkanes) is 2. The maximum atomic E-state index is 13.5. The van der Waals surface area contributed by atoms with Crippen molar-refractivity contribution < 1.29 is 19.1 Å². The minimum Gasteiger partial charge on any atom is -0.481 e. The molecule has 3 N–H and O–H groups in total. The zero-order valence-electron chi connectivity index (χ0n) is 11.4. The summed E-state index contributed by atoms with van der Waals surface area (Å²) in [5, 5.41) is 13.5. The van der Waals surface area contributed by atoms with Crippen LogP contribution in [0.2, 0.25) is 0 Å². The molecular formula is C14H19FN2O3. The molecule has 0 radical (unpaired) electrons. The number of nitrogens with one attached hydrogen (secondary N) is 2. The van der Waals surface area contributed by atoms with E-state index in [-0.39, 0.29) is 12.1 Å². The first-order valence-corrected chi connectivity index (χ1v) is 6.52. The van der Waals surface area contributed by atoms with Crippen LogP contribution in [0.15, 0.2) is 18.2 Å². The second-order valence-electron chi connectivity index (χ2n) is 4.57. The quantitative estimate of drug-likeness (QED) is 0.673. The van der Waals surface area contributed by atoms with Crippen LogP contribution in [0.25, 0.3) is 0 Å². The molecule has 110 valence electrons. The largest absolute Gasteiger partial charge is 0.481 e. The molecule has 0 fully saturated rings. The molecule has 0 saturated carbocycles. The van der Waals surface area contributed by atoms with Gasteiger partial charge >= 0.3 is 12.0 Å². The minimum atomic E-state index is -0.814. The molecule has 0 aliphatic carbocycles. The number of benzene rings is 1. The van der Waals surface area contributed by atoms with Gasteiger partial charge in [0.05, 0.1) is 5.69 Å². The standard InChI is InChI=1S/C14H19FN2O3/c1-10-6-7-12(11(15)9-10)17-14(20)16-8-4-2-3-5-13(18)19/h6-7,9H,2-5,8H2,1H3,(H,18,19)(H2,16,17,20). The topological polar surface area (TPSA) is 78.4 Å². The van der Waals surface area contributed by atoms with Crippen molar-refractivity contribution >= 4 is 17.7 Å². The molecule has 0 bridgehead atoms. The molecule has 6 heteroatoms. The molecule has 0 aromatic heterocycles. The van der Waals surface area contributed by atoms with E-state index in [0.717, 1.165) is 12.0 Å². The van der Waals surface area contributed by atoms with Crippen molar-refractivity contribution in [2.75, 3.05) is 11.9 Å². The first-order chi connectivity index (χ1) is 9.49. The van der Waals surface area contributed by atoms with Gasteiger partial charge < -0.3 is 15.7 Å². The molecule has 0 unspecified atom stereocenters. The molecule has 0 saturated heterocycles. The Labute approximate surface area is 117 Å². The van der Waals surface area contributed by atoms with Gasteiger partial charge in [0.2, 0.25) is 0 Å². The first-order valence-electron chi connectivity index (χ1n) is 6.52. The highest BCUT2D eigenvalue weighted by atomic mass is 19.1. The Morgan fingerprint density at radius 1 is 1.25 bits per heavy atom. The Morgan fingerprint density at radius 3 is 2.65 bits per heavy atom. The average molecular weight is 282 g/mol. The predicted molar refractivity (Wildman–Crippen MR) is 74.3 cm³/mol. The number of anilines is 1. The normalized spacial score (nSPS) is 10.1. The van der Waals surface area contributed by atoms with E-state index >= 15 is 0 Å². The Bertz CT molecular complexity index is 477. The summed E-state index contributed by atoms with van der Waals surface area (Å²) in [6.45, 7) is 2.20. The van der Waals surface area contributed by atoms with E-state index in [1.807, 2.05) is 0 Å². The van der Waals surface area contributed by atoms with E-state index in [9.17, 15) is 14.0 Å². The molecule has 0 heterocycles. The molecule has 1 aromatic carbocycles. The number of rotatable bonds is 7. The van der Waals surface area contributed by atoms with E-state index < -0.39 is 17.8 Å². The fraction of sp³-hybridized carbons (Fsp3) is 0.429. The van der Waals surface area contributed by atoms with Gasteiger partial charge in [0.1, 0.15) is 5.82 Å². The second kappa shape index (κ2) is 8.14. The summed E-state index contributed by atoms with van der Waals surface area (Å²) in [5.74, 6) is -1.29. The summed E-state index contributed by atoms with van der Waals surface area (Å²) in [7, 11) is 0. The van der Waals surface area contributed by atoms with Crippen LogP contribution in [0.4, 0.5) is 14.9 Å². The number of carboxylic acids is 1. The zero-order chi connectivity index (χ0) is 15.0. The zero-order valence-corrected chi connectivity index (χ0v) is 11.4. The van der Waals surface area contributed by atoms with Gasteiger partial charge in [-0.1, -0.05) is 12.5 Å². The SMILES string of the molecule is Cc1ccc(NC(=O)NCCCCCC(=O)O)c(F)c1. The van der Waals surface area contributed by atoms with E-state index in [2.05, 4.69) is 10.6 Å². The molecule has 1 rings (SSSR count). The molecule has 0 atom stereocenters. The Balaban J connectivity index is 2.22. The van der Waals surface area contributed by atoms with Crippen molar-refractivity contribution in [1.29, 1.82) is 0 Å². The summed E-state index contributed by atoms with van der Waals surface area (Å²) in [6, 6.07) is 4.11. The van der Waals surface area contributed by atoms with Crippen LogP contribution in [-0.4, -0.2) is 23.7 Å². The van der Waals surface area contributed by atoms with Gasteiger partial charge in [-0.3, -0.25) is 4.79 Å². The van der Waals surface area contributed by atoms with Gasteiger partial charge in [0.25, 0.3) is 0 Å². The van der Waals surface area contributed by atoms with Gasteiger partial charge in [-0.15, -0.1) is 0 Å². The Kier molecular flexibility index (Phi) is 6.49. The van der Waals surface area contributed by atoms with Gasteiger partial charge in [0.15, 0.2) is 0 Å². The molecule has 0 spiro atoms. The van der Waals surface area contributed by atoms with Gasteiger partial charge in [-0.25, -0.2) is 9.18 Å². The minimum absolute atomic E-state index is 0.138. The lowest BCUT2D eigenvalue weighted by Crippen LogP contribution is -2.29. The highest BCUT2D eigenvalue weighted by Crippen LogP contribution is 2.14. The van der Waals surface area contributed by atoms with Gasteiger partial charge in [0, 0.05) is 13.0 Å². The van der Waals surface area contributed by atoms with Crippen LogP contribution in [0.1, 0.15) is 31.2 Å². The maximum Gasteiger partial charge on any atom is 0.319 e. The first kappa shape index (κ1) is 15.9. The van der Waals surface area contributed by atoms with Crippen molar-refractivity contribution in [3.05, 3.63) is 29.6 Å². The number of aliphatic carboxylic acids is 1. The third kappa shape index (κ3) is 6.17. The summed E-state index contributed by atoms with van der Waals surface area (Å²) >= 11 is 0. The van der Waals surface area contributed by atoms with Crippen LogP contribution in [0.3, 0.4) is 0 Å². The lowest BCUT2D eigenvalue weighted by Gasteiger charge is -2.08. The average Bonchev–Trinajstić information content (AvgIpc) is 2.36. The third-order valence-electron chi connectivity index (χ3n) is 2.73. The summed E-state index contributed by atoms with van der Waals surface area (Å²) in [4.78, 5) is 21.8. The lowest BCUT2D eigenvalue weighted by molar-refractivity contribution is -0.137. The predicted octanol–water partition coefficient (Wildman–Crippen LogP) is 2.90. The van der Waals surface area contributed by atoms with Crippen LogP contribution in [-0.2, 0) is 4.79 Å². The molecule has 0 aliphatic rings. The fourth-order valence-corrected chi connectivity index (χ4v) is 1.67. The van der Waals surface area contributed by atoms with Gasteiger partial charge in [-0.2, -0.15) is 0 Å². The summed E-state index contributed by atoms with van der Waals surface area (Å²) in [5.41, 5.74) is 0.922. The number of carbonyl (C=O) groups excluding carboxylic acids is 1. The lowest BCUT2D eigenvalue weighted by atomic mass is 10.2. The number of hydrogen-bond donors (Lipinski definition) is 3. The fourth-order valence-electron chi connectivity index (χ4n) is 1.67. The van der Waals surface area contributed by atoms with E-state index in [4.69, 9.17) is 5.11 Å². The van der Waals surface area contributed by atoms with E-state index in [0.29, 0.717) is 19.4 Å². The molecule has 1 aromatic rings. The number of halogens is 1. The number of carbonyl (C=O) groups is 2. The summed E-state index contributed by atoms with van der Waals surface area (Å²) < 4.78 is 13.5. The monoisotopic (exact) mass is 282 g/mol. The van der Waals surface area contributed by atoms with Crippen LogP contribution >= 0.6 is 0 Å². The van der Waals surface area contributed by atoms with Crippen molar-refractivity contribution in [3.63, 3.8) is 0 Å². The Morgan fingerprint density at radius 2 is 2.00 bits per heavy atom. The highest BCUT2D eigenvalue weighted by molar-refractivity contribution is 5.89. The third-order valence-corrected chi connectivity index (χ3v) is 2.73. The number of hydrogen-bond acceptors (Lipinski definition) is 2. The van der Waals surface area contributed by atoms with Crippen molar-refractivity contribution in [2.24, 2.45) is 0 Å². The Hall–Kier alpha value is -2.11. The highest BCUT2D eigenvalue weighted by Gasteiger charge is 2.06. The smallest absolute Gasteiger partial charge is 0.319 e. The number of amides is 2. The maximum absolute atomic E-state index is 13.5. The van der Waals surface area contributed by atoms with Crippen molar-refractivity contribution in [1.82, 2.24) is 5.32 Å². The van der Waals surface area contributed by atoms with E-state index in [1.165, 1.54) is 12.1 Å². The number of carboxylic acid groups (broad SMARTS) is 1. The molecular weight excluding hydrogens is 263 g/mol. The number of urea groups is 1. The molecule has 5 nitrogen and oxygen atoms in total. The second-order valence-corrected chi connectivity index (χ2v) is 4.57. The molecule has 20 heavy (non-hydrogen) atoms. The van der Waals surface area contributed by atoms with Crippen LogP contribution < -0.4 is 10.6 Å². The molecule has 2 amide bonds. The number of aryl methyl sites for hydroxylation is 1. The van der Waals surface area contributed by atoms with Crippen LogP contribution in [0, 0.1) is 12.7 Å². The van der Waals surface area contributed by atoms with Gasteiger partial charge in [-0.05, 0) is 37.5 Å². The van der Waals surface area contributed by atoms with Crippen LogP contribution in [0.5, 0.6) is 0 Å². The molecule has 0 aliphatic heterocycles. The summed E-state index contributed by atoms with van der Waals surface area (Å²) in [6.07, 6.45) is 2.15. The van der Waals surface area contributed by atoms with Crippen molar-refractivity contribution in [3.8, 4) is 0 Å². The van der Waals surface area contributed by atoms with E-state index in [1.54, 1.807) is 13.0 Å². The van der Waals surface area contributed by atoms with Crippen molar-refractivity contribution in [2.45, 2.75) is 32.6 Å².